The van der Waals surface area contributed by atoms with Crippen molar-refractivity contribution in [2.24, 2.45) is 0 Å². The monoisotopic (exact) mass is 367 g/mol. The van der Waals surface area contributed by atoms with E-state index >= 15 is 0 Å². The number of carboxylic acid groups (broad SMARTS) is 1. The molecule has 27 heavy (non-hydrogen) atoms. The quantitative estimate of drug-likeness (QED) is 0.473. The van der Waals surface area contributed by atoms with Crippen LogP contribution in [0.25, 0.3) is 10.8 Å². The molecule has 1 saturated carbocycles. The van der Waals surface area contributed by atoms with Crippen LogP contribution in [0.1, 0.15) is 63.5 Å². The molecule has 2 aromatic rings. The molecule has 5 heteroatoms. The van der Waals surface area contributed by atoms with Crippen molar-refractivity contribution in [2.45, 2.75) is 58.9 Å². The molecule has 0 bridgehead atoms. The van der Waals surface area contributed by atoms with E-state index < -0.39 is 5.97 Å². The standard InChI is InChI=1S/C20H23N3O2.C2H6/c1-13(21)23(19(22)10-11-20(24)25)12-15-8-9-17(14-6-7-14)18-5-3-2-4-16(15)18;1-2/h2-5,8-9,14,21-22H,6-7,10-12H2,1H3,(H,24,25);1-2H3. The third-order valence-electron chi connectivity index (χ3n) is 4.70. The lowest BCUT2D eigenvalue weighted by atomic mass is 9.96. The molecule has 0 aromatic heterocycles. The Kier molecular flexibility index (Phi) is 7.11. The highest BCUT2D eigenvalue weighted by atomic mass is 16.4. The summed E-state index contributed by atoms with van der Waals surface area (Å²) in [6.07, 6.45) is 2.53. The van der Waals surface area contributed by atoms with Gasteiger partial charge in [0.1, 0.15) is 5.84 Å². The topological polar surface area (TPSA) is 88.2 Å². The molecule has 0 saturated heterocycles. The van der Waals surface area contributed by atoms with Gasteiger partial charge in [-0.1, -0.05) is 50.2 Å². The van der Waals surface area contributed by atoms with Crippen LogP contribution in [-0.2, 0) is 11.3 Å². The Hall–Kier alpha value is -2.69. The normalized spacial score (nSPS) is 12.9. The molecule has 1 aliphatic carbocycles. The number of carboxylic acids is 1. The number of hydrogen-bond donors (Lipinski definition) is 3. The third-order valence-corrected chi connectivity index (χ3v) is 4.70. The largest absolute Gasteiger partial charge is 0.481 e. The van der Waals surface area contributed by atoms with Crippen molar-refractivity contribution in [1.82, 2.24) is 4.90 Å². The van der Waals surface area contributed by atoms with Crippen molar-refractivity contribution in [3.05, 3.63) is 47.5 Å². The number of aliphatic carboxylic acids is 1. The van der Waals surface area contributed by atoms with E-state index in [0.29, 0.717) is 12.5 Å². The Morgan fingerprint density at radius 2 is 1.70 bits per heavy atom. The zero-order chi connectivity index (χ0) is 20.0. The van der Waals surface area contributed by atoms with Crippen molar-refractivity contribution in [1.29, 1.82) is 10.8 Å². The summed E-state index contributed by atoms with van der Waals surface area (Å²) >= 11 is 0. The lowest BCUT2D eigenvalue weighted by Crippen LogP contribution is -2.34. The van der Waals surface area contributed by atoms with Gasteiger partial charge in [-0.05, 0) is 47.6 Å². The first-order valence-electron chi connectivity index (χ1n) is 9.60. The average molecular weight is 367 g/mol. The van der Waals surface area contributed by atoms with Gasteiger partial charge in [0.2, 0.25) is 0 Å². The maximum atomic E-state index is 10.8. The van der Waals surface area contributed by atoms with Crippen LogP contribution in [-0.4, -0.2) is 27.6 Å². The smallest absolute Gasteiger partial charge is 0.303 e. The number of nitrogens with zero attached hydrogens (tertiary/aromatic N) is 1. The minimum Gasteiger partial charge on any atom is -0.481 e. The first-order valence-corrected chi connectivity index (χ1v) is 9.60. The van der Waals surface area contributed by atoms with Crippen molar-refractivity contribution >= 4 is 28.4 Å². The van der Waals surface area contributed by atoms with E-state index in [-0.39, 0.29) is 24.5 Å². The molecule has 0 aliphatic heterocycles. The molecule has 0 radical (unpaired) electrons. The van der Waals surface area contributed by atoms with Crippen LogP contribution in [0.2, 0.25) is 0 Å². The van der Waals surface area contributed by atoms with Crippen LogP contribution in [0.4, 0.5) is 0 Å². The van der Waals surface area contributed by atoms with Crippen molar-refractivity contribution < 1.29 is 9.90 Å². The SMILES string of the molecule is CC.CC(=N)N(Cc1ccc(C2CC2)c2ccccc12)C(=N)CCC(=O)O. The van der Waals surface area contributed by atoms with Gasteiger partial charge in [-0.25, -0.2) is 0 Å². The van der Waals surface area contributed by atoms with Gasteiger partial charge in [0, 0.05) is 6.42 Å². The Morgan fingerprint density at radius 1 is 1.07 bits per heavy atom. The molecule has 144 valence electrons. The fourth-order valence-electron chi connectivity index (χ4n) is 3.22. The van der Waals surface area contributed by atoms with Crippen molar-refractivity contribution in [3.8, 4) is 0 Å². The molecular formula is C22H29N3O2. The van der Waals surface area contributed by atoms with Gasteiger partial charge in [-0.2, -0.15) is 0 Å². The van der Waals surface area contributed by atoms with E-state index in [1.165, 1.54) is 23.8 Å². The molecule has 0 atom stereocenters. The first-order chi connectivity index (χ1) is 13.0. The van der Waals surface area contributed by atoms with Gasteiger partial charge in [-0.15, -0.1) is 0 Å². The lowest BCUT2D eigenvalue weighted by Gasteiger charge is -2.25. The number of benzene rings is 2. The highest BCUT2D eigenvalue weighted by Crippen LogP contribution is 2.43. The van der Waals surface area contributed by atoms with Gasteiger partial charge in [-0.3, -0.25) is 15.6 Å². The molecule has 1 fully saturated rings. The van der Waals surface area contributed by atoms with E-state index in [4.69, 9.17) is 15.9 Å². The fourth-order valence-corrected chi connectivity index (χ4v) is 3.22. The molecule has 2 aromatic carbocycles. The predicted molar refractivity (Wildman–Crippen MR) is 111 cm³/mol. The zero-order valence-electron chi connectivity index (χ0n) is 16.4. The summed E-state index contributed by atoms with van der Waals surface area (Å²) in [7, 11) is 0. The van der Waals surface area contributed by atoms with E-state index in [2.05, 4.69) is 24.3 Å². The molecule has 3 rings (SSSR count). The van der Waals surface area contributed by atoms with Crippen molar-refractivity contribution in [3.63, 3.8) is 0 Å². The average Bonchev–Trinajstić information content (AvgIpc) is 3.50. The molecule has 5 nitrogen and oxygen atoms in total. The maximum absolute atomic E-state index is 10.8. The Labute approximate surface area is 161 Å². The summed E-state index contributed by atoms with van der Waals surface area (Å²) in [5, 5.41) is 27.4. The number of fused-ring (bicyclic) bond motifs is 1. The summed E-state index contributed by atoms with van der Waals surface area (Å²) in [5.74, 6) is 0.163. The summed E-state index contributed by atoms with van der Waals surface area (Å²) in [6, 6.07) is 12.6. The van der Waals surface area contributed by atoms with E-state index in [1.807, 2.05) is 26.0 Å². The number of hydrogen-bond acceptors (Lipinski definition) is 3. The molecular weight excluding hydrogens is 338 g/mol. The second-order valence-corrected chi connectivity index (χ2v) is 6.65. The second-order valence-electron chi connectivity index (χ2n) is 6.65. The Morgan fingerprint density at radius 3 is 2.26 bits per heavy atom. The van der Waals surface area contributed by atoms with Gasteiger partial charge < -0.3 is 10.0 Å². The zero-order valence-corrected chi connectivity index (χ0v) is 16.4. The minimum atomic E-state index is -0.924. The Bertz CT molecular complexity index is 841. The van der Waals surface area contributed by atoms with E-state index in [9.17, 15) is 4.79 Å². The van der Waals surface area contributed by atoms with Crippen LogP contribution in [0, 0.1) is 10.8 Å². The molecule has 0 amide bonds. The summed E-state index contributed by atoms with van der Waals surface area (Å²) in [5.41, 5.74) is 2.45. The lowest BCUT2D eigenvalue weighted by molar-refractivity contribution is -0.136. The molecule has 0 heterocycles. The van der Waals surface area contributed by atoms with Gasteiger partial charge >= 0.3 is 5.97 Å². The van der Waals surface area contributed by atoms with Gasteiger partial charge in [0.15, 0.2) is 0 Å². The van der Waals surface area contributed by atoms with Crippen LogP contribution >= 0.6 is 0 Å². The van der Waals surface area contributed by atoms with E-state index in [1.54, 1.807) is 11.8 Å². The number of carbonyl (C=O) groups is 1. The third kappa shape index (κ3) is 5.16. The summed E-state index contributed by atoms with van der Waals surface area (Å²) in [6.45, 7) is 6.05. The molecule has 0 unspecified atom stereocenters. The highest BCUT2D eigenvalue weighted by Gasteiger charge is 2.26. The summed E-state index contributed by atoms with van der Waals surface area (Å²) < 4.78 is 0. The van der Waals surface area contributed by atoms with Crippen LogP contribution < -0.4 is 0 Å². The predicted octanol–water partition coefficient (Wildman–Crippen LogP) is 5.38. The summed E-state index contributed by atoms with van der Waals surface area (Å²) in [4.78, 5) is 12.4. The minimum absolute atomic E-state index is 0.0933. The second kappa shape index (κ2) is 9.31. The highest BCUT2D eigenvalue weighted by molar-refractivity contribution is 5.98. The number of amidine groups is 2. The number of rotatable bonds is 6. The van der Waals surface area contributed by atoms with Crippen LogP contribution in [0.15, 0.2) is 36.4 Å². The molecule has 1 aliphatic rings. The Balaban J connectivity index is 0.00000126. The number of nitrogens with one attached hydrogen (secondary N) is 2. The fraction of sp³-hybridized carbons (Fsp3) is 0.409. The van der Waals surface area contributed by atoms with Crippen molar-refractivity contribution in [2.75, 3.05) is 0 Å². The maximum Gasteiger partial charge on any atom is 0.303 e. The molecule has 3 N–H and O–H groups in total. The first kappa shape index (κ1) is 20.6. The molecule has 0 spiro atoms. The van der Waals surface area contributed by atoms with Gasteiger partial charge in [0.25, 0.3) is 0 Å². The van der Waals surface area contributed by atoms with Gasteiger partial charge in [0.05, 0.1) is 18.8 Å². The van der Waals surface area contributed by atoms with E-state index in [0.717, 1.165) is 10.9 Å². The van der Waals surface area contributed by atoms with Crippen LogP contribution in [0.5, 0.6) is 0 Å². The van der Waals surface area contributed by atoms with Crippen LogP contribution in [0.3, 0.4) is 0 Å².